The third-order valence-corrected chi connectivity index (χ3v) is 5.52. The van der Waals surface area contributed by atoms with E-state index in [-0.39, 0.29) is 17.4 Å². The number of carboxylic acid groups (broad SMARTS) is 1. The molecule has 9 heteroatoms. The van der Waals surface area contributed by atoms with Gasteiger partial charge >= 0.3 is 12.1 Å². The summed E-state index contributed by atoms with van der Waals surface area (Å²) in [6.07, 6.45) is -1.11. The molecule has 0 radical (unpaired) electrons. The third kappa shape index (κ3) is 4.88. The van der Waals surface area contributed by atoms with Crippen molar-refractivity contribution in [1.29, 1.82) is 0 Å². The molecule has 0 aliphatic rings. The van der Waals surface area contributed by atoms with Crippen LogP contribution in [0.15, 0.2) is 47.3 Å². The SMILES string of the molecule is CCNC(=O)Nc1cccc(-n2c([C@H](C)N(C(=O)O)C(C)(C)C)nc3cccc(C)c3c2=O)c1. The highest BCUT2D eigenvalue weighted by Crippen LogP contribution is 2.29. The number of carbonyl (C=O) groups is 2. The Morgan fingerprint density at radius 1 is 1.18 bits per heavy atom. The largest absolute Gasteiger partial charge is 0.465 e. The molecule has 0 bridgehead atoms. The molecule has 0 saturated heterocycles. The Morgan fingerprint density at radius 2 is 1.85 bits per heavy atom. The maximum absolute atomic E-state index is 13.8. The molecule has 0 unspecified atom stereocenters. The lowest BCUT2D eigenvalue weighted by Gasteiger charge is -2.38. The highest BCUT2D eigenvalue weighted by molar-refractivity contribution is 5.89. The summed E-state index contributed by atoms with van der Waals surface area (Å²) in [4.78, 5) is 44.1. The molecule has 0 aliphatic heterocycles. The average molecular weight is 466 g/mol. The van der Waals surface area contributed by atoms with Gasteiger partial charge in [-0.2, -0.15) is 0 Å². The van der Waals surface area contributed by atoms with Crippen molar-refractivity contribution >= 4 is 28.7 Å². The van der Waals surface area contributed by atoms with Gasteiger partial charge in [0, 0.05) is 17.8 Å². The number of aromatic nitrogens is 2. The molecule has 1 aromatic heterocycles. The van der Waals surface area contributed by atoms with Gasteiger partial charge in [-0.05, 0) is 71.4 Å². The van der Waals surface area contributed by atoms with Crippen LogP contribution in [0.1, 0.15) is 52.0 Å². The van der Waals surface area contributed by atoms with Crippen LogP contribution in [0.4, 0.5) is 15.3 Å². The molecule has 9 nitrogen and oxygen atoms in total. The summed E-state index contributed by atoms with van der Waals surface area (Å²) < 4.78 is 1.44. The first-order valence-electron chi connectivity index (χ1n) is 11.2. The molecule has 1 atom stereocenters. The normalized spacial score (nSPS) is 12.3. The molecule has 2 aromatic carbocycles. The molecule has 0 fully saturated rings. The van der Waals surface area contributed by atoms with E-state index in [2.05, 4.69) is 10.6 Å². The van der Waals surface area contributed by atoms with Crippen LogP contribution in [-0.2, 0) is 0 Å². The van der Waals surface area contributed by atoms with E-state index in [9.17, 15) is 19.5 Å². The second-order valence-electron chi connectivity index (χ2n) is 9.11. The fraction of sp³-hybridized carbons (Fsp3) is 0.360. The van der Waals surface area contributed by atoms with Crippen LogP contribution in [0.3, 0.4) is 0 Å². The summed E-state index contributed by atoms with van der Waals surface area (Å²) in [5.74, 6) is 0.288. The van der Waals surface area contributed by atoms with Gasteiger partial charge < -0.3 is 15.7 Å². The lowest BCUT2D eigenvalue weighted by molar-refractivity contribution is 0.0719. The average Bonchev–Trinajstić information content (AvgIpc) is 2.72. The predicted octanol–water partition coefficient (Wildman–Crippen LogP) is 4.68. The van der Waals surface area contributed by atoms with E-state index in [1.165, 1.54) is 9.47 Å². The van der Waals surface area contributed by atoms with Crippen LogP contribution in [0.5, 0.6) is 0 Å². The molecule has 34 heavy (non-hydrogen) atoms. The number of anilines is 1. The quantitative estimate of drug-likeness (QED) is 0.506. The zero-order valence-electron chi connectivity index (χ0n) is 20.3. The summed E-state index contributed by atoms with van der Waals surface area (Å²) in [7, 11) is 0. The second kappa shape index (κ2) is 9.54. The van der Waals surface area contributed by atoms with Crippen LogP contribution >= 0.6 is 0 Å². The minimum absolute atomic E-state index is 0.288. The molecular formula is C25H31N5O4. The monoisotopic (exact) mass is 465 g/mol. The van der Waals surface area contributed by atoms with E-state index in [0.717, 1.165) is 5.56 Å². The van der Waals surface area contributed by atoms with Crippen molar-refractivity contribution < 1.29 is 14.7 Å². The third-order valence-electron chi connectivity index (χ3n) is 5.52. The summed E-state index contributed by atoms with van der Waals surface area (Å²) in [5, 5.41) is 15.8. The van der Waals surface area contributed by atoms with Gasteiger partial charge in [0.05, 0.1) is 22.6 Å². The van der Waals surface area contributed by atoms with Crippen LogP contribution < -0.4 is 16.2 Å². The van der Waals surface area contributed by atoms with Crippen molar-refractivity contribution in [2.45, 2.75) is 53.1 Å². The Labute approximate surface area is 198 Å². The number of nitrogens with zero attached hydrogens (tertiary/aromatic N) is 3. The van der Waals surface area contributed by atoms with E-state index in [4.69, 9.17) is 4.98 Å². The van der Waals surface area contributed by atoms with Crippen molar-refractivity contribution in [3.63, 3.8) is 0 Å². The fourth-order valence-corrected chi connectivity index (χ4v) is 4.15. The topological polar surface area (TPSA) is 117 Å². The van der Waals surface area contributed by atoms with Gasteiger partial charge in [0.15, 0.2) is 0 Å². The fourth-order valence-electron chi connectivity index (χ4n) is 4.15. The van der Waals surface area contributed by atoms with E-state index < -0.39 is 17.7 Å². The summed E-state index contributed by atoms with van der Waals surface area (Å²) in [6.45, 7) is 11.2. The maximum Gasteiger partial charge on any atom is 0.408 e. The zero-order valence-corrected chi connectivity index (χ0v) is 20.3. The molecule has 180 valence electrons. The molecule has 3 amide bonds. The lowest BCUT2D eigenvalue weighted by atomic mass is 10.0. The molecule has 3 rings (SSSR count). The molecular weight excluding hydrogens is 434 g/mol. The molecule has 1 heterocycles. The minimum atomic E-state index is -1.11. The summed E-state index contributed by atoms with van der Waals surface area (Å²) >= 11 is 0. The number of benzene rings is 2. The Balaban J connectivity index is 2.30. The number of amides is 3. The highest BCUT2D eigenvalue weighted by Gasteiger charge is 2.34. The molecule has 0 spiro atoms. The van der Waals surface area contributed by atoms with Crippen LogP contribution in [0, 0.1) is 6.92 Å². The van der Waals surface area contributed by atoms with Crippen LogP contribution in [-0.4, -0.2) is 43.8 Å². The van der Waals surface area contributed by atoms with Crippen LogP contribution in [0.2, 0.25) is 0 Å². The van der Waals surface area contributed by atoms with Crippen LogP contribution in [0.25, 0.3) is 16.6 Å². The first kappa shape index (κ1) is 24.8. The van der Waals surface area contributed by atoms with Gasteiger partial charge in [-0.15, -0.1) is 0 Å². The smallest absolute Gasteiger partial charge is 0.408 e. The van der Waals surface area contributed by atoms with Gasteiger partial charge in [-0.1, -0.05) is 18.2 Å². The van der Waals surface area contributed by atoms with Crippen molar-refractivity contribution in [2.75, 3.05) is 11.9 Å². The van der Waals surface area contributed by atoms with E-state index in [1.807, 2.05) is 26.0 Å². The van der Waals surface area contributed by atoms with E-state index in [0.29, 0.717) is 28.8 Å². The summed E-state index contributed by atoms with van der Waals surface area (Å²) in [5.41, 5.74) is 1.18. The summed E-state index contributed by atoms with van der Waals surface area (Å²) in [6, 6.07) is 11.1. The molecule has 3 N–H and O–H groups in total. The first-order valence-corrected chi connectivity index (χ1v) is 11.2. The number of urea groups is 1. The Kier molecular flexibility index (Phi) is 6.95. The van der Waals surface area contributed by atoms with Crippen molar-refractivity contribution in [2.24, 2.45) is 0 Å². The van der Waals surface area contributed by atoms with Gasteiger partial charge in [0.25, 0.3) is 5.56 Å². The first-order chi connectivity index (χ1) is 16.0. The number of rotatable bonds is 5. The minimum Gasteiger partial charge on any atom is -0.465 e. The molecule has 0 saturated carbocycles. The maximum atomic E-state index is 13.8. The number of carbonyl (C=O) groups excluding carboxylic acids is 1. The van der Waals surface area contributed by atoms with Gasteiger partial charge in [-0.3, -0.25) is 14.3 Å². The number of hydrogen-bond acceptors (Lipinski definition) is 4. The zero-order chi connectivity index (χ0) is 25.2. The Bertz CT molecular complexity index is 1290. The number of nitrogens with one attached hydrogen (secondary N) is 2. The molecule has 0 aliphatic carbocycles. The van der Waals surface area contributed by atoms with Crippen molar-refractivity contribution in [3.8, 4) is 5.69 Å². The predicted molar refractivity (Wildman–Crippen MR) is 133 cm³/mol. The number of fused-ring (bicyclic) bond motifs is 1. The van der Waals surface area contributed by atoms with Gasteiger partial charge in [0.2, 0.25) is 0 Å². The van der Waals surface area contributed by atoms with Gasteiger partial charge in [-0.25, -0.2) is 14.6 Å². The van der Waals surface area contributed by atoms with E-state index >= 15 is 0 Å². The van der Waals surface area contributed by atoms with Crippen molar-refractivity contribution in [3.05, 3.63) is 64.2 Å². The molecule has 3 aromatic rings. The number of hydrogen-bond donors (Lipinski definition) is 3. The lowest BCUT2D eigenvalue weighted by Crippen LogP contribution is -2.47. The Hall–Kier alpha value is -3.88. The second-order valence-corrected chi connectivity index (χ2v) is 9.11. The van der Waals surface area contributed by atoms with E-state index in [1.54, 1.807) is 58.0 Å². The highest BCUT2D eigenvalue weighted by atomic mass is 16.4. The van der Waals surface area contributed by atoms with Crippen molar-refractivity contribution in [1.82, 2.24) is 19.8 Å². The standard InChI is InChI=1S/C25H31N5O4/c1-7-26-23(32)27-17-11-9-12-18(14-17)29-21(16(3)30(24(33)34)25(4,5)6)28-19-13-8-10-15(2)20(19)22(29)31/h8-14,16H,7H2,1-6H3,(H,33,34)(H2,26,27,32)/t16-/m0/s1. The number of aryl methyl sites for hydroxylation is 1. The Morgan fingerprint density at radius 3 is 2.47 bits per heavy atom. The van der Waals surface area contributed by atoms with Gasteiger partial charge in [0.1, 0.15) is 5.82 Å².